The van der Waals surface area contributed by atoms with E-state index in [0.717, 1.165) is 6.07 Å². The van der Waals surface area contributed by atoms with Gasteiger partial charge in [-0.1, -0.05) is 24.3 Å². The van der Waals surface area contributed by atoms with Gasteiger partial charge in [-0.25, -0.2) is 0 Å². The zero-order valence-corrected chi connectivity index (χ0v) is 7.68. The van der Waals surface area contributed by atoms with Crippen molar-refractivity contribution < 1.29 is 10.0 Å². The van der Waals surface area contributed by atoms with E-state index in [0.29, 0.717) is 10.8 Å². The van der Waals surface area contributed by atoms with Gasteiger partial charge in [-0.15, -0.1) is 0 Å². The molecule has 3 N–H and O–H groups in total. The van der Waals surface area contributed by atoms with Gasteiger partial charge in [0, 0.05) is 22.5 Å². The van der Waals surface area contributed by atoms with Crippen LogP contribution in [0.5, 0.6) is 5.75 Å². The molecule has 0 heterocycles. The predicted molar refractivity (Wildman–Crippen MR) is 56.7 cm³/mol. The quantitative estimate of drug-likeness (QED) is 0.322. The van der Waals surface area contributed by atoms with Crippen molar-refractivity contribution in [3.05, 3.63) is 40.4 Å². The molecule has 0 aliphatic carbocycles. The maximum Gasteiger partial charge on any atom is 0.313 e. The molecule has 2 aromatic rings. The SMILES string of the molecule is Nc1cc([N+](=O)[O-])c(O)c2ccccc12. The molecule has 76 valence electrons. The number of aromatic hydroxyl groups is 1. The van der Waals surface area contributed by atoms with Gasteiger partial charge in [-0.2, -0.15) is 0 Å². The normalized spacial score (nSPS) is 10.4. The van der Waals surface area contributed by atoms with Crippen LogP contribution in [0.15, 0.2) is 30.3 Å². The van der Waals surface area contributed by atoms with Crippen LogP contribution < -0.4 is 5.73 Å². The van der Waals surface area contributed by atoms with Gasteiger partial charge in [-0.05, 0) is 0 Å². The van der Waals surface area contributed by atoms with Gasteiger partial charge in [0.15, 0.2) is 0 Å². The summed E-state index contributed by atoms with van der Waals surface area (Å²) in [6.45, 7) is 0. The van der Waals surface area contributed by atoms with E-state index in [4.69, 9.17) is 5.73 Å². The molecule has 5 heteroatoms. The average molecular weight is 204 g/mol. The fourth-order valence-corrected chi connectivity index (χ4v) is 1.51. The molecule has 0 atom stereocenters. The second-order valence-corrected chi connectivity index (χ2v) is 3.14. The molecule has 0 saturated carbocycles. The highest BCUT2D eigenvalue weighted by Crippen LogP contribution is 2.37. The maximum absolute atomic E-state index is 10.6. The lowest BCUT2D eigenvalue weighted by Crippen LogP contribution is -1.93. The van der Waals surface area contributed by atoms with Crippen LogP contribution >= 0.6 is 0 Å². The van der Waals surface area contributed by atoms with E-state index in [-0.39, 0.29) is 17.1 Å². The number of fused-ring (bicyclic) bond motifs is 1. The molecule has 0 aliphatic rings. The van der Waals surface area contributed by atoms with Gasteiger partial charge >= 0.3 is 5.69 Å². The Kier molecular flexibility index (Phi) is 1.93. The highest BCUT2D eigenvalue weighted by atomic mass is 16.6. The van der Waals surface area contributed by atoms with Crippen molar-refractivity contribution >= 4 is 22.1 Å². The van der Waals surface area contributed by atoms with Crippen LogP contribution in [0.3, 0.4) is 0 Å². The smallest absolute Gasteiger partial charge is 0.313 e. The van der Waals surface area contributed by atoms with Crippen LogP contribution in [-0.4, -0.2) is 10.0 Å². The van der Waals surface area contributed by atoms with Crippen LogP contribution in [0.25, 0.3) is 10.8 Å². The minimum atomic E-state index is -0.655. The van der Waals surface area contributed by atoms with Crippen molar-refractivity contribution in [1.82, 2.24) is 0 Å². The molecule has 0 saturated heterocycles. The molecular weight excluding hydrogens is 196 g/mol. The summed E-state index contributed by atoms with van der Waals surface area (Å²) >= 11 is 0. The van der Waals surface area contributed by atoms with Crippen molar-refractivity contribution in [3.8, 4) is 5.75 Å². The summed E-state index contributed by atoms with van der Waals surface area (Å²) in [7, 11) is 0. The maximum atomic E-state index is 10.6. The first-order valence-electron chi connectivity index (χ1n) is 4.26. The monoisotopic (exact) mass is 204 g/mol. The summed E-state index contributed by atoms with van der Waals surface area (Å²) in [6, 6.07) is 7.90. The minimum absolute atomic E-state index is 0.287. The molecular formula is C10H8N2O3. The summed E-state index contributed by atoms with van der Waals surface area (Å²) in [5.74, 6) is -0.343. The zero-order chi connectivity index (χ0) is 11.0. The molecule has 0 fully saturated rings. The van der Waals surface area contributed by atoms with Crippen LogP contribution in [0, 0.1) is 10.1 Å². The standard InChI is InChI=1S/C10H8N2O3/c11-8-5-9(12(14)15)10(13)7-4-2-1-3-6(7)8/h1-5,13H,11H2. The number of benzene rings is 2. The molecule has 0 aromatic heterocycles. The third-order valence-corrected chi connectivity index (χ3v) is 2.22. The predicted octanol–water partition coefficient (Wildman–Crippen LogP) is 2.04. The lowest BCUT2D eigenvalue weighted by molar-refractivity contribution is -0.385. The van der Waals surface area contributed by atoms with E-state index >= 15 is 0 Å². The summed E-state index contributed by atoms with van der Waals surface area (Å²) in [5.41, 5.74) is 5.57. The third-order valence-electron chi connectivity index (χ3n) is 2.22. The Morgan fingerprint density at radius 2 is 1.87 bits per heavy atom. The first-order chi connectivity index (χ1) is 7.11. The van der Waals surface area contributed by atoms with Gasteiger partial charge < -0.3 is 10.8 Å². The number of phenols is 1. The van der Waals surface area contributed by atoms with E-state index in [1.54, 1.807) is 24.3 Å². The number of hydrogen-bond acceptors (Lipinski definition) is 4. The fraction of sp³-hybridized carbons (Fsp3) is 0. The van der Waals surface area contributed by atoms with Crippen molar-refractivity contribution in [3.63, 3.8) is 0 Å². The van der Waals surface area contributed by atoms with E-state index in [1.807, 2.05) is 0 Å². The number of nitro groups is 1. The largest absolute Gasteiger partial charge is 0.502 e. The molecule has 0 radical (unpaired) electrons. The number of nitrogens with zero attached hydrogens (tertiary/aromatic N) is 1. The van der Waals surface area contributed by atoms with Crippen molar-refractivity contribution in [2.45, 2.75) is 0 Å². The molecule has 2 rings (SSSR count). The molecule has 15 heavy (non-hydrogen) atoms. The van der Waals surface area contributed by atoms with Crippen LogP contribution in [-0.2, 0) is 0 Å². The number of nitrogens with two attached hydrogens (primary N) is 1. The second kappa shape index (κ2) is 3.13. The summed E-state index contributed by atoms with van der Waals surface area (Å²) in [5, 5.41) is 21.3. The number of anilines is 1. The van der Waals surface area contributed by atoms with Crippen LogP contribution in [0.4, 0.5) is 11.4 Å². The summed E-state index contributed by atoms with van der Waals surface area (Å²) < 4.78 is 0. The Balaban J connectivity index is 2.90. The van der Waals surface area contributed by atoms with Crippen molar-refractivity contribution in [2.75, 3.05) is 5.73 Å². The van der Waals surface area contributed by atoms with Gasteiger partial charge in [0.1, 0.15) is 0 Å². The highest BCUT2D eigenvalue weighted by molar-refractivity contribution is 5.99. The molecule has 0 amide bonds. The number of rotatable bonds is 1. The number of hydrogen-bond donors (Lipinski definition) is 2. The lowest BCUT2D eigenvalue weighted by Gasteiger charge is -2.04. The molecule has 0 unspecified atom stereocenters. The fourth-order valence-electron chi connectivity index (χ4n) is 1.51. The Labute approximate surface area is 84.9 Å². The Morgan fingerprint density at radius 3 is 2.47 bits per heavy atom. The molecule has 0 bridgehead atoms. The van der Waals surface area contributed by atoms with E-state index in [9.17, 15) is 15.2 Å². The Bertz CT molecular complexity index is 552. The number of nitrogen functional groups attached to an aromatic ring is 1. The van der Waals surface area contributed by atoms with Gasteiger partial charge in [0.05, 0.1) is 4.92 Å². The van der Waals surface area contributed by atoms with E-state index in [2.05, 4.69) is 0 Å². The summed E-state index contributed by atoms with van der Waals surface area (Å²) in [4.78, 5) is 9.95. The van der Waals surface area contributed by atoms with Gasteiger partial charge in [0.2, 0.25) is 5.75 Å². The van der Waals surface area contributed by atoms with Crippen LogP contribution in [0.2, 0.25) is 0 Å². The van der Waals surface area contributed by atoms with Crippen molar-refractivity contribution in [2.24, 2.45) is 0 Å². The second-order valence-electron chi connectivity index (χ2n) is 3.14. The molecule has 2 aromatic carbocycles. The van der Waals surface area contributed by atoms with Gasteiger partial charge in [-0.3, -0.25) is 10.1 Å². The van der Waals surface area contributed by atoms with E-state index < -0.39 is 4.92 Å². The first kappa shape index (κ1) is 9.26. The highest BCUT2D eigenvalue weighted by Gasteiger charge is 2.17. The zero-order valence-electron chi connectivity index (χ0n) is 7.68. The number of phenolic OH excluding ortho intramolecular Hbond substituents is 1. The van der Waals surface area contributed by atoms with Crippen molar-refractivity contribution in [1.29, 1.82) is 0 Å². The third kappa shape index (κ3) is 1.34. The molecule has 0 spiro atoms. The molecule has 5 nitrogen and oxygen atoms in total. The lowest BCUT2D eigenvalue weighted by atomic mass is 10.1. The molecule has 0 aliphatic heterocycles. The van der Waals surface area contributed by atoms with Crippen LogP contribution in [0.1, 0.15) is 0 Å². The Morgan fingerprint density at radius 1 is 1.27 bits per heavy atom. The van der Waals surface area contributed by atoms with E-state index in [1.165, 1.54) is 0 Å². The number of nitro benzene ring substituents is 1. The Hall–Kier alpha value is -2.30. The van der Waals surface area contributed by atoms with Gasteiger partial charge in [0.25, 0.3) is 0 Å². The topological polar surface area (TPSA) is 89.4 Å². The minimum Gasteiger partial charge on any atom is -0.502 e. The first-order valence-corrected chi connectivity index (χ1v) is 4.26. The average Bonchev–Trinajstić information content (AvgIpc) is 2.23. The summed E-state index contributed by atoms with van der Waals surface area (Å²) in [6.07, 6.45) is 0.